The number of rotatable bonds is 3. The van der Waals surface area contributed by atoms with Crippen LogP contribution in [0.15, 0.2) is 35.4 Å². The molecule has 0 aromatic heterocycles. The first kappa shape index (κ1) is 12.4. The molecule has 0 amide bonds. The Hall–Kier alpha value is -0.630. The normalized spacial score (nSPS) is 27.6. The van der Waals surface area contributed by atoms with Crippen LogP contribution in [-0.4, -0.2) is 5.37 Å². The molecule has 1 nitrogen and oxygen atoms in total. The van der Waals surface area contributed by atoms with Gasteiger partial charge in [-0.1, -0.05) is 26.5 Å². The number of allylic oxidation sites excluding steroid dienone is 3. The lowest BCUT2D eigenvalue weighted by Crippen LogP contribution is -2.20. The first-order chi connectivity index (χ1) is 7.08. The molecular weight excluding hydrogens is 202 g/mol. The molecule has 0 radical (unpaired) electrons. The van der Waals surface area contributed by atoms with Gasteiger partial charge in [0.05, 0.1) is 5.37 Å². The molecule has 1 atom stereocenters. The molecule has 0 fully saturated rings. The Kier molecular flexibility index (Phi) is 5.03. The molecule has 2 heteroatoms. The van der Waals surface area contributed by atoms with Crippen LogP contribution in [0.1, 0.15) is 33.6 Å². The van der Waals surface area contributed by atoms with Crippen LogP contribution in [0, 0.1) is 5.92 Å². The predicted octanol–water partition coefficient (Wildman–Crippen LogP) is 4.06. The van der Waals surface area contributed by atoms with Gasteiger partial charge < -0.3 is 5.32 Å². The summed E-state index contributed by atoms with van der Waals surface area (Å²) in [6.07, 6.45) is 6.67. The van der Waals surface area contributed by atoms with Crippen LogP contribution in [-0.2, 0) is 0 Å². The third-order valence-corrected chi connectivity index (χ3v) is 3.29. The summed E-state index contributed by atoms with van der Waals surface area (Å²) in [6.45, 7) is 10.7. The highest BCUT2D eigenvalue weighted by molar-refractivity contribution is 8.02. The summed E-state index contributed by atoms with van der Waals surface area (Å²) in [5, 5.41) is 5.98. The molecule has 1 heterocycles. The van der Waals surface area contributed by atoms with E-state index >= 15 is 0 Å². The summed E-state index contributed by atoms with van der Waals surface area (Å²) in [5.41, 5.74) is 2.42. The molecule has 0 saturated heterocycles. The molecule has 15 heavy (non-hydrogen) atoms. The lowest BCUT2D eigenvalue weighted by Gasteiger charge is -2.16. The van der Waals surface area contributed by atoms with Gasteiger partial charge in [-0.3, -0.25) is 0 Å². The van der Waals surface area contributed by atoms with Gasteiger partial charge in [0.25, 0.3) is 0 Å². The smallest absolute Gasteiger partial charge is 0.0734 e. The molecule has 0 bridgehead atoms. The van der Waals surface area contributed by atoms with E-state index < -0.39 is 0 Å². The van der Waals surface area contributed by atoms with Crippen molar-refractivity contribution in [1.29, 1.82) is 0 Å². The van der Waals surface area contributed by atoms with E-state index in [1.807, 2.05) is 11.8 Å². The van der Waals surface area contributed by atoms with Crippen molar-refractivity contribution in [3.8, 4) is 0 Å². The second-order valence-electron chi connectivity index (χ2n) is 4.41. The largest absolute Gasteiger partial charge is 0.374 e. The second kappa shape index (κ2) is 6.06. The number of nitrogens with one attached hydrogen (secondary N) is 1. The molecule has 1 aliphatic heterocycles. The van der Waals surface area contributed by atoms with Crippen LogP contribution in [0.4, 0.5) is 0 Å². The van der Waals surface area contributed by atoms with E-state index in [9.17, 15) is 0 Å². The molecule has 0 aromatic rings. The van der Waals surface area contributed by atoms with Crippen molar-refractivity contribution < 1.29 is 0 Å². The molecule has 1 rings (SSSR count). The van der Waals surface area contributed by atoms with Crippen LogP contribution >= 0.6 is 11.8 Å². The van der Waals surface area contributed by atoms with Gasteiger partial charge in [-0.2, -0.15) is 0 Å². The van der Waals surface area contributed by atoms with Gasteiger partial charge in [0, 0.05) is 5.70 Å². The van der Waals surface area contributed by atoms with Crippen LogP contribution in [0.5, 0.6) is 0 Å². The van der Waals surface area contributed by atoms with E-state index in [0.717, 1.165) is 11.6 Å². The van der Waals surface area contributed by atoms with Gasteiger partial charge in [-0.15, -0.1) is 11.8 Å². The molecule has 84 valence electrons. The third-order valence-electron chi connectivity index (χ3n) is 2.32. The number of thioether (sulfide) groups is 1. The van der Waals surface area contributed by atoms with Crippen molar-refractivity contribution >= 4 is 11.8 Å². The Morgan fingerprint density at radius 2 is 2.20 bits per heavy atom. The molecular formula is C13H21NS. The van der Waals surface area contributed by atoms with E-state index in [1.165, 1.54) is 18.4 Å². The summed E-state index contributed by atoms with van der Waals surface area (Å²) in [4.78, 5) is 0. The van der Waals surface area contributed by atoms with Crippen LogP contribution in [0.25, 0.3) is 0 Å². The minimum atomic E-state index is 0.413. The van der Waals surface area contributed by atoms with Crippen molar-refractivity contribution in [3.05, 3.63) is 35.4 Å². The molecule has 0 aliphatic carbocycles. The first-order valence-electron chi connectivity index (χ1n) is 5.56. The van der Waals surface area contributed by atoms with E-state index in [4.69, 9.17) is 0 Å². The van der Waals surface area contributed by atoms with Gasteiger partial charge in [0.15, 0.2) is 0 Å². The van der Waals surface area contributed by atoms with Gasteiger partial charge >= 0.3 is 0 Å². The maximum Gasteiger partial charge on any atom is 0.0734 e. The lowest BCUT2D eigenvalue weighted by molar-refractivity contribution is 0.588. The fraction of sp³-hybridized carbons (Fsp3) is 0.538. The topological polar surface area (TPSA) is 12.0 Å². The predicted molar refractivity (Wildman–Crippen MR) is 70.6 cm³/mol. The molecule has 1 aliphatic rings. The Labute approximate surface area is 97.7 Å². The minimum Gasteiger partial charge on any atom is -0.374 e. The number of hydrogen-bond donors (Lipinski definition) is 1. The van der Waals surface area contributed by atoms with Crippen molar-refractivity contribution in [2.75, 3.05) is 0 Å². The SMILES string of the molecule is C=C1/C=C\C(CCC(C)C)=C/SC(C)N1. The zero-order chi connectivity index (χ0) is 11.3. The van der Waals surface area contributed by atoms with Crippen molar-refractivity contribution in [1.82, 2.24) is 5.32 Å². The molecule has 1 unspecified atom stereocenters. The fourth-order valence-corrected chi connectivity index (χ4v) is 2.17. The van der Waals surface area contributed by atoms with Gasteiger partial charge in [-0.25, -0.2) is 0 Å². The Balaban J connectivity index is 2.57. The molecule has 1 N–H and O–H groups in total. The quantitative estimate of drug-likeness (QED) is 0.774. The van der Waals surface area contributed by atoms with E-state index in [1.54, 1.807) is 0 Å². The number of hydrogen-bond acceptors (Lipinski definition) is 2. The fourth-order valence-electron chi connectivity index (χ4n) is 1.38. The van der Waals surface area contributed by atoms with Gasteiger partial charge in [-0.05, 0) is 42.7 Å². The van der Waals surface area contributed by atoms with E-state index in [-0.39, 0.29) is 0 Å². The minimum absolute atomic E-state index is 0.413. The highest BCUT2D eigenvalue weighted by Crippen LogP contribution is 2.21. The average molecular weight is 223 g/mol. The summed E-state index contributed by atoms with van der Waals surface area (Å²) in [6, 6.07) is 0. The summed E-state index contributed by atoms with van der Waals surface area (Å²) >= 11 is 1.83. The van der Waals surface area contributed by atoms with Crippen LogP contribution in [0.3, 0.4) is 0 Å². The zero-order valence-corrected chi connectivity index (χ0v) is 10.7. The van der Waals surface area contributed by atoms with Crippen LogP contribution in [0.2, 0.25) is 0 Å². The van der Waals surface area contributed by atoms with E-state index in [0.29, 0.717) is 5.37 Å². The Morgan fingerprint density at radius 3 is 2.87 bits per heavy atom. The van der Waals surface area contributed by atoms with Crippen LogP contribution < -0.4 is 5.32 Å². The zero-order valence-electron chi connectivity index (χ0n) is 9.92. The highest BCUT2D eigenvalue weighted by Gasteiger charge is 2.05. The Bertz CT molecular complexity index is 276. The highest BCUT2D eigenvalue weighted by atomic mass is 32.2. The summed E-state index contributed by atoms with van der Waals surface area (Å²) < 4.78 is 0. The maximum atomic E-state index is 3.96. The van der Waals surface area contributed by atoms with Crippen molar-refractivity contribution in [3.63, 3.8) is 0 Å². The summed E-state index contributed by atoms with van der Waals surface area (Å²) in [7, 11) is 0. The average Bonchev–Trinajstić information content (AvgIpc) is 2.13. The third kappa shape index (κ3) is 5.12. The monoisotopic (exact) mass is 223 g/mol. The Morgan fingerprint density at radius 1 is 1.47 bits per heavy atom. The lowest BCUT2D eigenvalue weighted by atomic mass is 10.0. The first-order valence-corrected chi connectivity index (χ1v) is 6.50. The van der Waals surface area contributed by atoms with Gasteiger partial charge in [0.1, 0.15) is 0 Å². The molecule has 0 aromatic carbocycles. The van der Waals surface area contributed by atoms with Crippen molar-refractivity contribution in [2.45, 2.75) is 39.0 Å². The molecule has 0 spiro atoms. The molecule has 0 saturated carbocycles. The van der Waals surface area contributed by atoms with Gasteiger partial charge in [0.2, 0.25) is 0 Å². The second-order valence-corrected chi connectivity index (χ2v) is 5.62. The maximum absolute atomic E-state index is 3.96. The van der Waals surface area contributed by atoms with E-state index in [2.05, 4.69) is 50.2 Å². The van der Waals surface area contributed by atoms with Crippen molar-refractivity contribution in [2.24, 2.45) is 5.92 Å². The summed E-state index contributed by atoms with van der Waals surface area (Å²) in [5.74, 6) is 0.772. The standard InChI is InChI=1S/C13H21NS/c1-10(2)5-7-13-8-6-11(3)14-12(4)15-9-13/h6,8-10,12,14H,3,5,7H2,1-2,4H3/b8-6-,13-9-.